The van der Waals surface area contributed by atoms with Crippen molar-refractivity contribution >= 4 is 5.97 Å². The third kappa shape index (κ3) is 15.5. The molecule has 45 heavy (non-hydrogen) atoms. The summed E-state index contributed by atoms with van der Waals surface area (Å²) in [6, 6.07) is 0. The van der Waals surface area contributed by atoms with Gasteiger partial charge in [0.25, 0.3) is 0 Å². The molecule has 0 aliphatic carbocycles. The molecule has 0 N–H and O–H groups in total. The molecule has 1 fully saturated rings. The van der Waals surface area contributed by atoms with E-state index in [2.05, 4.69) is 71.9 Å². The van der Waals surface area contributed by atoms with E-state index in [9.17, 15) is 4.79 Å². The van der Waals surface area contributed by atoms with Crippen molar-refractivity contribution in [2.75, 3.05) is 27.1 Å². The molecule has 0 amide bonds. The molecule has 0 bridgehead atoms. The van der Waals surface area contributed by atoms with Crippen molar-refractivity contribution in [2.24, 2.45) is 0 Å². The van der Waals surface area contributed by atoms with Gasteiger partial charge in [-0.15, -0.1) is 0 Å². The summed E-state index contributed by atoms with van der Waals surface area (Å²) in [6.07, 6.45) is 21.2. The summed E-state index contributed by atoms with van der Waals surface area (Å²) in [5.41, 5.74) is 7.14. The molecule has 2 rings (SSSR count). The third-order valence-corrected chi connectivity index (χ3v) is 7.87. The number of hydrogen-bond acceptors (Lipinski definition) is 7. The van der Waals surface area contributed by atoms with E-state index in [0.717, 1.165) is 64.2 Å². The number of unbranched alkanes of at least 4 members (excludes halogenated alkanes) is 1. The molecule has 2 atom stereocenters. The summed E-state index contributed by atoms with van der Waals surface area (Å²) in [7, 11) is 1.52. The minimum atomic E-state index is -0.746. The largest absolute Gasteiger partial charge is 0.484 e. The van der Waals surface area contributed by atoms with E-state index in [-0.39, 0.29) is 12.6 Å². The lowest BCUT2D eigenvalue weighted by Gasteiger charge is -2.21. The molecule has 0 saturated carbocycles. The van der Waals surface area contributed by atoms with Crippen LogP contribution in [-0.2, 0) is 33.2 Å². The Morgan fingerprint density at radius 3 is 1.82 bits per heavy atom. The van der Waals surface area contributed by atoms with Gasteiger partial charge in [-0.3, -0.25) is 0 Å². The van der Waals surface area contributed by atoms with Crippen molar-refractivity contribution in [1.82, 2.24) is 0 Å². The van der Waals surface area contributed by atoms with Gasteiger partial charge in [0.05, 0.1) is 13.2 Å². The second-order valence-electron chi connectivity index (χ2n) is 13.1. The molecule has 7 heteroatoms. The number of esters is 1. The minimum absolute atomic E-state index is 0.0204. The maximum absolute atomic E-state index is 12.6. The molecule has 2 aliphatic heterocycles. The van der Waals surface area contributed by atoms with Crippen molar-refractivity contribution in [1.29, 1.82) is 0 Å². The number of methoxy groups -OCH3 is 1. The predicted octanol–water partition coefficient (Wildman–Crippen LogP) is 9.56. The molecule has 0 radical (unpaired) electrons. The van der Waals surface area contributed by atoms with Crippen LogP contribution in [0.25, 0.3) is 0 Å². The van der Waals surface area contributed by atoms with Gasteiger partial charge in [0.2, 0.25) is 5.76 Å². The van der Waals surface area contributed by atoms with Crippen LogP contribution in [0.2, 0.25) is 0 Å². The molecule has 2 heterocycles. The molecule has 2 aliphatic rings. The van der Waals surface area contributed by atoms with Gasteiger partial charge >= 0.3 is 5.97 Å². The van der Waals surface area contributed by atoms with Crippen molar-refractivity contribution in [3.63, 3.8) is 0 Å². The average Bonchev–Trinajstić information content (AvgIpc) is 3.49. The van der Waals surface area contributed by atoms with Gasteiger partial charge in [-0.25, -0.2) is 4.79 Å². The highest BCUT2D eigenvalue weighted by atomic mass is 16.8. The van der Waals surface area contributed by atoms with E-state index in [1.165, 1.54) is 35.0 Å². The molecular weight excluding hydrogens is 568 g/mol. The summed E-state index contributed by atoms with van der Waals surface area (Å²) < 4.78 is 33.7. The quantitative estimate of drug-likeness (QED) is 0.0542. The predicted molar refractivity (Wildman–Crippen MR) is 181 cm³/mol. The molecule has 0 aromatic heterocycles. The van der Waals surface area contributed by atoms with Gasteiger partial charge < -0.3 is 28.4 Å². The van der Waals surface area contributed by atoms with Crippen LogP contribution in [0.1, 0.15) is 120 Å². The Bertz CT molecular complexity index is 1110. The first kappa shape index (κ1) is 38.6. The van der Waals surface area contributed by atoms with Crippen molar-refractivity contribution < 1.29 is 33.2 Å². The van der Waals surface area contributed by atoms with Crippen molar-refractivity contribution in [3.8, 4) is 0 Å². The number of carbonyl (C=O) groups is 1. The van der Waals surface area contributed by atoms with Crippen LogP contribution in [0.5, 0.6) is 0 Å². The van der Waals surface area contributed by atoms with Crippen LogP contribution in [0, 0.1) is 0 Å². The first-order chi connectivity index (χ1) is 21.4. The number of rotatable bonds is 21. The highest BCUT2D eigenvalue weighted by Gasteiger charge is 2.48. The van der Waals surface area contributed by atoms with E-state index in [1.54, 1.807) is 0 Å². The zero-order chi connectivity index (χ0) is 33.2. The summed E-state index contributed by atoms with van der Waals surface area (Å²) in [5, 5.41) is 0. The number of ether oxygens (including phenoxy) is 6. The Morgan fingerprint density at radius 1 is 0.778 bits per heavy atom. The van der Waals surface area contributed by atoms with Crippen LogP contribution in [0.15, 0.2) is 69.8 Å². The Hall–Kier alpha value is -2.61. The van der Waals surface area contributed by atoms with E-state index >= 15 is 0 Å². The summed E-state index contributed by atoms with van der Waals surface area (Å²) in [5.74, 6) is -0.894. The fraction of sp³-hybridized carbons (Fsp3) is 0.658. The molecule has 0 spiro atoms. The lowest BCUT2D eigenvalue weighted by molar-refractivity contribution is -0.164. The zero-order valence-corrected chi connectivity index (χ0v) is 29.6. The van der Waals surface area contributed by atoms with Crippen LogP contribution >= 0.6 is 0 Å². The number of cyclic esters (lactones) is 1. The number of carbonyl (C=O) groups excluding carboxylic acids is 1. The topological polar surface area (TPSA) is 72.5 Å². The van der Waals surface area contributed by atoms with Gasteiger partial charge in [0, 0.05) is 7.11 Å². The molecule has 7 nitrogen and oxygen atoms in total. The van der Waals surface area contributed by atoms with E-state index < -0.39 is 24.0 Å². The molecule has 0 aromatic rings. The summed E-state index contributed by atoms with van der Waals surface area (Å²) in [4.78, 5) is 12.6. The summed E-state index contributed by atoms with van der Waals surface area (Å²) >= 11 is 0. The second kappa shape index (κ2) is 20.5. The van der Waals surface area contributed by atoms with Crippen molar-refractivity contribution in [2.45, 2.75) is 138 Å². The van der Waals surface area contributed by atoms with Gasteiger partial charge in [-0.2, -0.15) is 0 Å². The lowest BCUT2D eigenvalue weighted by Crippen LogP contribution is -2.33. The highest BCUT2D eigenvalue weighted by molar-refractivity contribution is 5.89. The Kier molecular flexibility index (Phi) is 17.6. The van der Waals surface area contributed by atoms with Crippen LogP contribution in [0.4, 0.5) is 0 Å². The fourth-order valence-electron chi connectivity index (χ4n) is 5.24. The minimum Gasteiger partial charge on any atom is -0.484 e. The molecule has 0 unspecified atom stereocenters. The van der Waals surface area contributed by atoms with Gasteiger partial charge in [0.15, 0.2) is 24.4 Å². The first-order valence-corrected chi connectivity index (χ1v) is 16.7. The standard InChI is InChI=1S/C38H60O7/c1-28(2)16-12-19-31(5)22-13-20-29(3)17-10-11-18-30(4)21-14-23-32(6)24-15-25-41-36-35(42-27-40-9)34(44-37(36)39)33-26-43-38(7,8)45-33/h16-18,22-23,33-34H,10-15,19-21,24-27H2,1-9H3/b29-17+,30-18+,31-22+,32-23+/t33-,34+/m0/s1. The maximum atomic E-state index is 12.6. The van der Waals surface area contributed by atoms with Gasteiger partial charge in [-0.05, 0) is 120 Å². The molecule has 0 aromatic carbocycles. The van der Waals surface area contributed by atoms with Gasteiger partial charge in [-0.1, -0.05) is 58.2 Å². The molecule has 254 valence electrons. The fourth-order valence-corrected chi connectivity index (χ4v) is 5.24. The second-order valence-corrected chi connectivity index (χ2v) is 13.1. The van der Waals surface area contributed by atoms with E-state index in [4.69, 9.17) is 28.4 Å². The Balaban J connectivity index is 1.68. The first-order valence-electron chi connectivity index (χ1n) is 16.7. The SMILES string of the molecule is COCOC1=C(OCCC/C(C)=C/CC/C(C)=C/CC/C=C(\C)CC/C=C(\C)CCC=C(C)C)C(=O)O[C@@H]1[C@@H]1COC(C)(C)O1. The number of hydrogen-bond donors (Lipinski definition) is 0. The Labute approximate surface area is 273 Å². The third-order valence-electron chi connectivity index (χ3n) is 7.87. The van der Waals surface area contributed by atoms with Crippen molar-refractivity contribution in [3.05, 3.63) is 69.8 Å². The summed E-state index contributed by atoms with van der Waals surface area (Å²) in [6.45, 7) is 17.5. The number of allylic oxidation sites excluding steroid dienone is 10. The van der Waals surface area contributed by atoms with Crippen LogP contribution in [-0.4, -0.2) is 51.1 Å². The maximum Gasteiger partial charge on any atom is 0.378 e. The zero-order valence-electron chi connectivity index (χ0n) is 29.6. The monoisotopic (exact) mass is 628 g/mol. The molecular formula is C38H60O7. The smallest absolute Gasteiger partial charge is 0.378 e. The van der Waals surface area contributed by atoms with Crippen LogP contribution in [0.3, 0.4) is 0 Å². The molecule has 1 saturated heterocycles. The average molecular weight is 629 g/mol. The normalized spacial score (nSPS) is 21.0. The lowest BCUT2D eigenvalue weighted by atomic mass is 10.0. The van der Waals surface area contributed by atoms with E-state index in [0.29, 0.717) is 19.0 Å². The van der Waals surface area contributed by atoms with Gasteiger partial charge in [0.1, 0.15) is 6.10 Å². The van der Waals surface area contributed by atoms with E-state index in [1.807, 2.05) is 13.8 Å². The van der Waals surface area contributed by atoms with Crippen LogP contribution < -0.4 is 0 Å². The Morgan fingerprint density at radius 2 is 1.31 bits per heavy atom. The highest BCUT2D eigenvalue weighted by Crippen LogP contribution is 2.34.